The number of hydrogen-bond donors (Lipinski definition) is 1. The summed E-state index contributed by atoms with van der Waals surface area (Å²) in [7, 11) is 0. The number of hydrogen-bond acceptors (Lipinski definition) is 7. The van der Waals surface area contributed by atoms with Gasteiger partial charge in [0.15, 0.2) is 0 Å². The van der Waals surface area contributed by atoms with E-state index in [-0.39, 0.29) is 5.15 Å². The van der Waals surface area contributed by atoms with Gasteiger partial charge < -0.3 is 9.64 Å². The Balaban J connectivity index is 0.000000994. The molecule has 0 bridgehead atoms. The zero-order valence-electron chi connectivity index (χ0n) is 15.6. The molecule has 0 atom stereocenters. The van der Waals surface area contributed by atoms with E-state index >= 15 is 0 Å². The Morgan fingerprint density at radius 2 is 1.97 bits per heavy atom. The third-order valence-corrected chi connectivity index (χ3v) is 6.47. The fourth-order valence-corrected chi connectivity index (χ4v) is 4.36. The van der Waals surface area contributed by atoms with Crippen molar-refractivity contribution in [3.8, 4) is 17.8 Å². The first kappa shape index (κ1) is 19.8. The van der Waals surface area contributed by atoms with E-state index in [2.05, 4.69) is 31.6 Å². The third-order valence-electron chi connectivity index (χ3n) is 5.70. The standard InChI is InChI=1S/C18H18Cl2N6O.CHN/c19-13-11(1-5-21-16(13)20)14-15-17(25-24-14)23-12(9-22-15)26-6-2-18(3-7-26)4-8-27-10-18;1-2/h1,5,9H,2-4,6-8,10H2,(H,23,24,25);1H. The van der Waals surface area contributed by atoms with Crippen molar-refractivity contribution in [2.75, 3.05) is 31.2 Å². The highest BCUT2D eigenvalue weighted by atomic mass is 35.5. The maximum absolute atomic E-state index is 6.50. The van der Waals surface area contributed by atoms with Gasteiger partial charge in [0, 0.05) is 38.0 Å². The number of halogens is 2. The van der Waals surface area contributed by atoms with Crippen LogP contribution in [0, 0.1) is 17.2 Å². The van der Waals surface area contributed by atoms with Gasteiger partial charge in [-0.3, -0.25) is 5.10 Å². The molecule has 10 heteroatoms. The Kier molecular flexibility index (Phi) is 5.54. The molecule has 150 valence electrons. The SMILES string of the molecule is C#N.Clc1nccc(-c2[nH]nc3nc(N4CCC5(CCOC5)CC4)cnc23)c1Cl. The van der Waals surface area contributed by atoms with Crippen LogP contribution in [0.5, 0.6) is 0 Å². The minimum absolute atomic E-state index is 0.250. The van der Waals surface area contributed by atoms with Crippen LogP contribution in [0.25, 0.3) is 22.4 Å². The molecule has 1 spiro atoms. The van der Waals surface area contributed by atoms with Crippen LogP contribution in [0.2, 0.25) is 10.2 Å². The molecule has 0 saturated carbocycles. The summed E-state index contributed by atoms with van der Waals surface area (Å²) in [5.41, 5.74) is 3.00. The molecule has 5 rings (SSSR count). The second-order valence-electron chi connectivity index (χ2n) is 7.25. The summed E-state index contributed by atoms with van der Waals surface area (Å²) in [4.78, 5) is 15.6. The summed E-state index contributed by atoms with van der Waals surface area (Å²) < 4.78 is 5.61. The van der Waals surface area contributed by atoms with Gasteiger partial charge in [-0.1, -0.05) is 23.2 Å². The second-order valence-corrected chi connectivity index (χ2v) is 7.99. The molecule has 29 heavy (non-hydrogen) atoms. The molecule has 2 aliphatic rings. The average molecular weight is 432 g/mol. The van der Waals surface area contributed by atoms with Crippen molar-refractivity contribution in [2.45, 2.75) is 19.3 Å². The Hall–Kier alpha value is -2.47. The van der Waals surface area contributed by atoms with E-state index < -0.39 is 0 Å². The molecule has 0 unspecified atom stereocenters. The maximum atomic E-state index is 6.50. The van der Waals surface area contributed by atoms with Gasteiger partial charge in [-0.05, 0) is 30.7 Å². The summed E-state index contributed by atoms with van der Waals surface area (Å²) >= 11 is 12.3. The summed E-state index contributed by atoms with van der Waals surface area (Å²) in [6.45, 7) is 7.21. The van der Waals surface area contributed by atoms with E-state index in [0.29, 0.717) is 32.9 Å². The van der Waals surface area contributed by atoms with Gasteiger partial charge in [0.25, 0.3) is 0 Å². The molecule has 2 fully saturated rings. The number of H-pyrrole nitrogens is 1. The normalized spacial score (nSPS) is 18.0. The lowest BCUT2D eigenvalue weighted by Crippen LogP contribution is -2.40. The first-order valence-electron chi connectivity index (χ1n) is 9.25. The van der Waals surface area contributed by atoms with Crippen molar-refractivity contribution >= 4 is 40.2 Å². The lowest BCUT2D eigenvalue weighted by molar-refractivity contribution is 0.133. The van der Waals surface area contributed by atoms with Crippen LogP contribution < -0.4 is 4.90 Å². The molecular formula is C19H19Cl2N7O. The summed E-state index contributed by atoms with van der Waals surface area (Å²) in [5, 5.41) is 14.4. The lowest BCUT2D eigenvalue weighted by Gasteiger charge is -2.38. The van der Waals surface area contributed by atoms with Crippen LogP contribution in [0.15, 0.2) is 18.5 Å². The predicted molar refractivity (Wildman–Crippen MR) is 111 cm³/mol. The number of ether oxygens (including phenoxy) is 1. The summed E-state index contributed by atoms with van der Waals surface area (Å²) in [6.07, 6.45) is 6.84. The summed E-state index contributed by atoms with van der Waals surface area (Å²) in [5.74, 6) is 0.855. The number of anilines is 1. The maximum Gasteiger partial charge on any atom is 0.202 e. The molecule has 0 amide bonds. The minimum Gasteiger partial charge on any atom is -0.381 e. The minimum atomic E-state index is 0.250. The topological polar surface area (TPSA) is 104 Å². The Morgan fingerprint density at radius 3 is 2.69 bits per heavy atom. The molecule has 2 aliphatic heterocycles. The number of piperidine rings is 1. The van der Waals surface area contributed by atoms with Gasteiger partial charge in [-0.2, -0.15) is 5.10 Å². The van der Waals surface area contributed by atoms with Crippen molar-refractivity contribution in [2.24, 2.45) is 5.41 Å². The number of pyridine rings is 1. The monoisotopic (exact) mass is 431 g/mol. The fourth-order valence-electron chi connectivity index (χ4n) is 3.99. The van der Waals surface area contributed by atoms with Crippen molar-refractivity contribution in [1.29, 1.82) is 5.26 Å². The molecule has 2 saturated heterocycles. The van der Waals surface area contributed by atoms with Crippen LogP contribution >= 0.6 is 23.2 Å². The van der Waals surface area contributed by atoms with Crippen LogP contribution in [0.3, 0.4) is 0 Å². The molecule has 0 aliphatic carbocycles. The highest BCUT2D eigenvalue weighted by molar-refractivity contribution is 6.43. The van der Waals surface area contributed by atoms with Crippen LogP contribution in [-0.4, -0.2) is 51.5 Å². The zero-order chi connectivity index (χ0) is 20.4. The van der Waals surface area contributed by atoms with Crippen molar-refractivity contribution in [3.05, 3.63) is 28.6 Å². The largest absolute Gasteiger partial charge is 0.381 e. The number of nitrogens with one attached hydrogen (secondary N) is 1. The lowest BCUT2D eigenvalue weighted by atomic mass is 9.78. The molecule has 8 nitrogen and oxygen atoms in total. The van der Waals surface area contributed by atoms with E-state index in [4.69, 9.17) is 38.2 Å². The molecule has 5 heterocycles. The van der Waals surface area contributed by atoms with Gasteiger partial charge in [0.05, 0.1) is 23.5 Å². The number of nitriles is 1. The van der Waals surface area contributed by atoms with E-state index in [1.807, 2.05) is 0 Å². The predicted octanol–water partition coefficient (Wildman–Crippen LogP) is 3.87. The summed E-state index contributed by atoms with van der Waals surface area (Å²) in [6, 6.07) is 1.78. The number of aromatic nitrogens is 5. The quantitative estimate of drug-likeness (QED) is 0.613. The third kappa shape index (κ3) is 3.62. The van der Waals surface area contributed by atoms with E-state index in [9.17, 15) is 0 Å². The molecule has 0 aromatic carbocycles. The second kappa shape index (κ2) is 8.11. The van der Waals surface area contributed by atoms with Gasteiger partial charge in [-0.25, -0.2) is 20.2 Å². The van der Waals surface area contributed by atoms with Crippen LogP contribution in [0.1, 0.15) is 19.3 Å². The van der Waals surface area contributed by atoms with Crippen LogP contribution in [0.4, 0.5) is 5.82 Å². The zero-order valence-corrected chi connectivity index (χ0v) is 17.1. The number of rotatable bonds is 2. The van der Waals surface area contributed by atoms with E-state index in [1.165, 1.54) is 6.42 Å². The average Bonchev–Trinajstić information content (AvgIpc) is 3.39. The first-order valence-corrected chi connectivity index (χ1v) is 10.0. The van der Waals surface area contributed by atoms with E-state index in [1.54, 1.807) is 18.5 Å². The molecule has 3 aromatic heterocycles. The number of nitrogens with zero attached hydrogens (tertiary/aromatic N) is 6. The highest BCUT2D eigenvalue weighted by Gasteiger charge is 2.38. The molecule has 0 radical (unpaired) electrons. The Labute approximate surface area is 177 Å². The van der Waals surface area contributed by atoms with Gasteiger partial charge >= 0.3 is 0 Å². The van der Waals surface area contributed by atoms with E-state index in [0.717, 1.165) is 45.0 Å². The van der Waals surface area contributed by atoms with Crippen molar-refractivity contribution in [3.63, 3.8) is 0 Å². The highest BCUT2D eigenvalue weighted by Crippen LogP contribution is 2.40. The van der Waals surface area contributed by atoms with Crippen molar-refractivity contribution in [1.82, 2.24) is 25.1 Å². The molecular weight excluding hydrogens is 413 g/mol. The molecule has 3 aromatic rings. The van der Waals surface area contributed by atoms with Gasteiger partial charge in [-0.15, -0.1) is 0 Å². The first-order chi connectivity index (χ1) is 14.2. The smallest absolute Gasteiger partial charge is 0.202 e. The molecule has 1 N–H and O–H groups in total. The van der Waals surface area contributed by atoms with Crippen LogP contribution in [-0.2, 0) is 4.74 Å². The van der Waals surface area contributed by atoms with Crippen molar-refractivity contribution < 1.29 is 4.74 Å². The van der Waals surface area contributed by atoms with Gasteiger partial charge in [0.2, 0.25) is 5.65 Å². The Morgan fingerprint density at radius 1 is 1.17 bits per heavy atom. The fraction of sp³-hybridized carbons (Fsp3) is 0.421. The van der Waals surface area contributed by atoms with Gasteiger partial charge in [0.1, 0.15) is 16.5 Å². The number of fused-ring (bicyclic) bond motifs is 1. The Bertz CT molecular complexity index is 1040. The number of aromatic amines is 1.